The SMILES string of the molecule is CN(C)C(C=Cc1ccccc1)[I-][n+]1ccccc1. The average molecular weight is 366 g/mol. The van der Waals surface area contributed by atoms with E-state index in [0.717, 1.165) is 0 Å². The number of nitrogens with zero attached hydrogens (tertiary/aromatic N) is 2. The van der Waals surface area contributed by atoms with Gasteiger partial charge < -0.3 is 0 Å². The number of likely N-dealkylation sites (N-methyl/N-ethyl adjacent to an activating group) is 1. The van der Waals surface area contributed by atoms with Gasteiger partial charge in [0.2, 0.25) is 0 Å². The Bertz CT molecular complexity index is 509. The van der Waals surface area contributed by atoms with E-state index < -0.39 is 0 Å². The fourth-order valence-electron chi connectivity index (χ4n) is 1.60. The van der Waals surface area contributed by atoms with Gasteiger partial charge >= 0.3 is 126 Å². The third kappa shape index (κ3) is 4.76. The number of rotatable bonds is 5. The van der Waals surface area contributed by atoms with Crippen molar-refractivity contribution in [3.05, 3.63) is 72.6 Å². The second kappa shape index (κ2) is 7.40. The molecule has 0 spiro atoms. The number of aromatic nitrogens is 1. The fraction of sp³-hybridized carbons (Fsp3) is 0.188. The summed E-state index contributed by atoms with van der Waals surface area (Å²) < 4.78 is 2.81. The quantitative estimate of drug-likeness (QED) is 0.391. The zero-order chi connectivity index (χ0) is 13.5. The van der Waals surface area contributed by atoms with Crippen molar-refractivity contribution in [2.75, 3.05) is 14.1 Å². The average Bonchev–Trinajstić information content (AvgIpc) is 2.45. The Hall–Kier alpha value is -1.20. The topological polar surface area (TPSA) is 7.12 Å². The summed E-state index contributed by atoms with van der Waals surface area (Å²) in [5, 5.41) is 0. The van der Waals surface area contributed by atoms with Crippen LogP contribution in [0.4, 0.5) is 0 Å². The molecule has 2 nitrogen and oxygen atoms in total. The molecule has 0 N–H and O–H groups in total. The minimum absolute atomic E-state index is 0.122. The van der Waals surface area contributed by atoms with Crippen molar-refractivity contribution >= 4 is 6.08 Å². The van der Waals surface area contributed by atoms with E-state index in [0.29, 0.717) is 4.05 Å². The van der Waals surface area contributed by atoms with Crippen LogP contribution in [-0.2, 0) is 0 Å². The molecule has 0 radical (unpaired) electrons. The summed E-state index contributed by atoms with van der Waals surface area (Å²) in [4.78, 5) is 2.28. The van der Waals surface area contributed by atoms with Gasteiger partial charge in [-0.3, -0.25) is 0 Å². The number of halogens is 1. The molecule has 0 amide bonds. The zero-order valence-electron chi connectivity index (χ0n) is 11.3. The molecule has 2 aromatic rings. The predicted molar refractivity (Wildman–Crippen MR) is 75.0 cm³/mol. The van der Waals surface area contributed by atoms with Gasteiger partial charge in [0.05, 0.1) is 0 Å². The maximum atomic E-state index is 2.32. The first-order chi connectivity index (χ1) is 9.25. The van der Waals surface area contributed by atoms with Crippen LogP contribution in [0.2, 0.25) is 0 Å². The fourth-order valence-corrected chi connectivity index (χ4v) is 3.90. The summed E-state index contributed by atoms with van der Waals surface area (Å²) >= 11 is -0.122. The molecule has 2 rings (SSSR count). The van der Waals surface area contributed by atoms with E-state index in [1.54, 1.807) is 0 Å². The molecule has 1 aromatic carbocycles. The molecule has 0 fully saturated rings. The van der Waals surface area contributed by atoms with Gasteiger partial charge in [-0.1, -0.05) is 0 Å². The normalized spacial score (nSPS) is 13.2. The van der Waals surface area contributed by atoms with Gasteiger partial charge in [-0.2, -0.15) is 0 Å². The van der Waals surface area contributed by atoms with Crippen molar-refractivity contribution in [3.63, 3.8) is 0 Å². The van der Waals surface area contributed by atoms with Gasteiger partial charge in [0.15, 0.2) is 0 Å². The number of benzene rings is 1. The van der Waals surface area contributed by atoms with E-state index in [1.165, 1.54) is 5.56 Å². The molecule has 0 aliphatic heterocycles. The van der Waals surface area contributed by atoms with E-state index in [4.69, 9.17) is 0 Å². The van der Waals surface area contributed by atoms with Gasteiger partial charge in [0.25, 0.3) is 0 Å². The van der Waals surface area contributed by atoms with Crippen LogP contribution < -0.4 is 24.3 Å². The van der Waals surface area contributed by atoms with Crippen LogP contribution in [0.15, 0.2) is 67.0 Å². The van der Waals surface area contributed by atoms with E-state index >= 15 is 0 Å². The Morgan fingerprint density at radius 3 is 2.26 bits per heavy atom. The van der Waals surface area contributed by atoms with Crippen LogP contribution in [0.5, 0.6) is 0 Å². The minimum atomic E-state index is -0.122. The maximum absolute atomic E-state index is 2.32. The van der Waals surface area contributed by atoms with E-state index in [2.05, 4.69) is 88.8 Å². The Balaban J connectivity index is 2.07. The van der Waals surface area contributed by atoms with Crippen molar-refractivity contribution in [1.29, 1.82) is 0 Å². The summed E-state index contributed by atoms with van der Waals surface area (Å²) in [6.07, 6.45) is 8.83. The summed E-state index contributed by atoms with van der Waals surface area (Å²) in [5.74, 6) is 0. The van der Waals surface area contributed by atoms with Crippen LogP contribution >= 0.6 is 0 Å². The number of hydrogen-bond donors (Lipinski definition) is 0. The molecule has 19 heavy (non-hydrogen) atoms. The van der Waals surface area contributed by atoms with Crippen LogP contribution in [0.3, 0.4) is 0 Å². The Labute approximate surface area is 126 Å². The molecule has 0 saturated heterocycles. The van der Waals surface area contributed by atoms with Gasteiger partial charge in [-0.25, -0.2) is 0 Å². The molecular formula is C16H19IN2. The van der Waals surface area contributed by atoms with Crippen molar-refractivity contribution < 1.29 is 24.3 Å². The summed E-state index contributed by atoms with van der Waals surface area (Å²) in [7, 11) is 4.28. The number of pyridine rings is 1. The predicted octanol–water partition coefficient (Wildman–Crippen LogP) is -0.573. The van der Waals surface area contributed by atoms with E-state index in [9.17, 15) is 0 Å². The summed E-state index contributed by atoms with van der Waals surface area (Å²) in [6.45, 7) is 0. The summed E-state index contributed by atoms with van der Waals surface area (Å²) in [6, 6.07) is 16.7. The second-order valence-corrected chi connectivity index (χ2v) is 7.37. The molecule has 1 unspecified atom stereocenters. The third-order valence-electron chi connectivity index (χ3n) is 2.63. The molecule has 1 atom stereocenters. The van der Waals surface area contributed by atoms with Crippen LogP contribution in [0, 0.1) is 0 Å². The van der Waals surface area contributed by atoms with Crippen molar-refractivity contribution in [2.45, 2.75) is 4.05 Å². The third-order valence-corrected chi connectivity index (χ3v) is 6.02. The van der Waals surface area contributed by atoms with Crippen LogP contribution in [0.1, 0.15) is 5.56 Å². The first-order valence-corrected chi connectivity index (χ1v) is 8.47. The first-order valence-electron chi connectivity index (χ1n) is 6.26. The van der Waals surface area contributed by atoms with Gasteiger partial charge in [-0.05, 0) is 0 Å². The van der Waals surface area contributed by atoms with E-state index in [-0.39, 0.29) is 21.5 Å². The summed E-state index contributed by atoms with van der Waals surface area (Å²) in [5.41, 5.74) is 1.26. The van der Waals surface area contributed by atoms with Crippen molar-refractivity contribution in [2.24, 2.45) is 0 Å². The molecule has 1 heterocycles. The molecule has 0 bridgehead atoms. The molecule has 100 valence electrons. The Kier molecular flexibility index (Phi) is 5.54. The first kappa shape index (κ1) is 14.2. The van der Waals surface area contributed by atoms with E-state index in [1.807, 2.05) is 6.07 Å². The van der Waals surface area contributed by atoms with Crippen molar-refractivity contribution in [3.8, 4) is 0 Å². The van der Waals surface area contributed by atoms with Crippen LogP contribution in [0.25, 0.3) is 6.08 Å². The Morgan fingerprint density at radius 2 is 1.63 bits per heavy atom. The molecule has 0 aliphatic rings. The zero-order valence-corrected chi connectivity index (χ0v) is 13.4. The monoisotopic (exact) mass is 366 g/mol. The molecule has 3 heteroatoms. The molecule has 0 aliphatic carbocycles. The van der Waals surface area contributed by atoms with Gasteiger partial charge in [-0.15, -0.1) is 0 Å². The molecular weight excluding hydrogens is 347 g/mol. The number of hydrogen-bond acceptors (Lipinski definition) is 1. The van der Waals surface area contributed by atoms with Crippen LogP contribution in [-0.4, -0.2) is 23.0 Å². The standard InChI is InChI=1S/C16H19IN2/c1-18(2)16(17-19-13-7-4-8-14-19)12-11-15-9-5-3-6-10-15/h3-14,16H,1-2H3. The van der Waals surface area contributed by atoms with Gasteiger partial charge in [0.1, 0.15) is 0 Å². The molecule has 0 saturated carbocycles. The Morgan fingerprint density at radius 1 is 1.00 bits per heavy atom. The van der Waals surface area contributed by atoms with Crippen molar-refractivity contribution in [1.82, 2.24) is 4.90 Å². The number of alkyl halides is 1. The molecule has 1 aromatic heterocycles. The van der Waals surface area contributed by atoms with Gasteiger partial charge in [0, 0.05) is 0 Å². The second-order valence-electron chi connectivity index (χ2n) is 4.42.